The van der Waals surface area contributed by atoms with E-state index in [-0.39, 0.29) is 11.4 Å². The quantitative estimate of drug-likeness (QED) is 0.890. The van der Waals surface area contributed by atoms with Crippen LogP contribution in [-0.4, -0.2) is 15.6 Å². The van der Waals surface area contributed by atoms with Crippen molar-refractivity contribution in [3.8, 4) is 11.3 Å². The van der Waals surface area contributed by atoms with E-state index in [1.165, 1.54) is 15.9 Å². The third-order valence-electron chi connectivity index (χ3n) is 1.89. The van der Waals surface area contributed by atoms with Crippen LogP contribution in [0.5, 0.6) is 0 Å². The standard InChI is InChI=1S/C9H7NO3S2/c11-8(12)3-10-7(5-15-9(10)13)6-1-2-14-4-6/h1-2,4-5H,3H2,(H,11,12). The van der Waals surface area contributed by atoms with Crippen LogP contribution in [-0.2, 0) is 11.3 Å². The maximum absolute atomic E-state index is 11.4. The predicted molar refractivity (Wildman–Crippen MR) is 59.5 cm³/mol. The molecular formula is C9H7NO3S2. The van der Waals surface area contributed by atoms with Crippen molar-refractivity contribution in [2.45, 2.75) is 6.54 Å². The summed E-state index contributed by atoms with van der Waals surface area (Å²) >= 11 is 2.53. The molecule has 2 aromatic heterocycles. The van der Waals surface area contributed by atoms with E-state index in [0.717, 1.165) is 16.9 Å². The number of carboxylic acid groups (broad SMARTS) is 1. The molecule has 78 valence electrons. The Morgan fingerprint density at radius 3 is 2.87 bits per heavy atom. The molecular weight excluding hydrogens is 234 g/mol. The van der Waals surface area contributed by atoms with Crippen molar-refractivity contribution < 1.29 is 9.90 Å². The molecule has 15 heavy (non-hydrogen) atoms. The van der Waals surface area contributed by atoms with Gasteiger partial charge < -0.3 is 5.11 Å². The highest BCUT2D eigenvalue weighted by atomic mass is 32.1. The third kappa shape index (κ3) is 2.00. The Labute approximate surface area is 93.0 Å². The lowest BCUT2D eigenvalue weighted by molar-refractivity contribution is -0.137. The number of thiophene rings is 1. The summed E-state index contributed by atoms with van der Waals surface area (Å²) in [6, 6.07) is 1.87. The molecule has 0 atom stereocenters. The number of thiazole rings is 1. The number of rotatable bonds is 3. The second kappa shape index (κ2) is 4.00. The normalized spacial score (nSPS) is 10.4. The zero-order valence-corrected chi connectivity index (χ0v) is 9.18. The van der Waals surface area contributed by atoms with Crippen LogP contribution in [0.4, 0.5) is 0 Å². The Balaban J connectivity index is 2.49. The molecule has 0 fully saturated rings. The summed E-state index contributed by atoms with van der Waals surface area (Å²) in [5, 5.41) is 14.1. The van der Waals surface area contributed by atoms with Gasteiger partial charge in [0.15, 0.2) is 0 Å². The van der Waals surface area contributed by atoms with Crippen LogP contribution in [0.2, 0.25) is 0 Å². The number of carbonyl (C=O) groups is 1. The Kier molecular flexibility index (Phi) is 2.70. The van der Waals surface area contributed by atoms with Crippen LogP contribution in [0.25, 0.3) is 11.3 Å². The second-order valence-electron chi connectivity index (χ2n) is 2.88. The molecule has 0 aliphatic rings. The molecule has 0 saturated heterocycles. The van der Waals surface area contributed by atoms with Gasteiger partial charge in [-0.05, 0) is 11.4 Å². The van der Waals surface area contributed by atoms with Gasteiger partial charge in [-0.3, -0.25) is 14.2 Å². The van der Waals surface area contributed by atoms with E-state index in [1.807, 2.05) is 16.8 Å². The molecule has 0 radical (unpaired) electrons. The van der Waals surface area contributed by atoms with E-state index < -0.39 is 5.97 Å². The van der Waals surface area contributed by atoms with E-state index in [1.54, 1.807) is 5.38 Å². The summed E-state index contributed by atoms with van der Waals surface area (Å²) in [5.74, 6) is -1.01. The maximum Gasteiger partial charge on any atom is 0.323 e. The Morgan fingerprint density at radius 1 is 1.47 bits per heavy atom. The minimum Gasteiger partial charge on any atom is -0.480 e. The monoisotopic (exact) mass is 241 g/mol. The largest absolute Gasteiger partial charge is 0.480 e. The highest BCUT2D eigenvalue weighted by molar-refractivity contribution is 7.08. The first-order valence-electron chi connectivity index (χ1n) is 4.11. The summed E-state index contributed by atoms with van der Waals surface area (Å²) < 4.78 is 1.27. The molecule has 0 unspecified atom stereocenters. The molecule has 0 spiro atoms. The number of aliphatic carboxylic acids is 1. The highest BCUT2D eigenvalue weighted by Gasteiger charge is 2.11. The predicted octanol–water partition coefficient (Wildman–Crippen LogP) is 1.72. The van der Waals surface area contributed by atoms with E-state index >= 15 is 0 Å². The Hall–Kier alpha value is -1.40. The molecule has 0 aromatic carbocycles. The fourth-order valence-electron chi connectivity index (χ4n) is 1.25. The van der Waals surface area contributed by atoms with Gasteiger partial charge in [-0.2, -0.15) is 11.3 Å². The minimum atomic E-state index is -1.01. The van der Waals surface area contributed by atoms with Gasteiger partial charge in [0.2, 0.25) is 0 Å². The van der Waals surface area contributed by atoms with E-state index in [4.69, 9.17) is 5.11 Å². The van der Waals surface area contributed by atoms with Crippen LogP contribution >= 0.6 is 22.7 Å². The summed E-state index contributed by atoms with van der Waals surface area (Å²) in [6.45, 7) is -0.284. The van der Waals surface area contributed by atoms with Crippen LogP contribution in [0.3, 0.4) is 0 Å². The molecule has 0 bridgehead atoms. The van der Waals surface area contributed by atoms with Crippen LogP contribution in [0.1, 0.15) is 0 Å². The van der Waals surface area contributed by atoms with Crippen molar-refractivity contribution in [1.82, 2.24) is 4.57 Å². The van der Waals surface area contributed by atoms with Gasteiger partial charge in [0.05, 0.1) is 5.69 Å². The zero-order valence-electron chi connectivity index (χ0n) is 7.54. The van der Waals surface area contributed by atoms with E-state index in [9.17, 15) is 9.59 Å². The van der Waals surface area contributed by atoms with Crippen molar-refractivity contribution in [1.29, 1.82) is 0 Å². The topological polar surface area (TPSA) is 59.3 Å². The third-order valence-corrected chi connectivity index (χ3v) is 3.34. The Bertz CT molecular complexity index is 524. The SMILES string of the molecule is O=C(O)Cn1c(-c2ccsc2)csc1=O. The van der Waals surface area contributed by atoms with Crippen LogP contribution in [0.15, 0.2) is 27.0 Å². The maximum atomic E-state index is 11.4. The molecule has 6 heteroatoms. The van der Waals surface area contributed by atoms with Gasteiger partial charge in [0.25, 0.3) is 0 Å². The summed E-state index contributed by atoms with van der Waals surface area (Å²) in [4.78, 5) is 21.7. The second-order valence-corrected chi connectivity index (χ2v) is 4.48. The molecule has 0 aliphatic carbocycles. The van der Waals surface area contributed by atoms with E-state index in [2.05, 4.69) is 0 Å². The fourth-order valence-corrected chi connectivity index (χ4v) is 2.67. The number of nitrogens with zero attached hydrogens (tertiary/aromatic N) is 1. The molecule has 2 aromatic rings. The average Bonchev–Trinajstić information content (AvgIpc) is 2.76. The smallest absolute Gasteiger partial charge is 0.323 e. The average molecular weight is 241 g/mol. The molecule has 0 amide bonds. The lowest BCUT2D eigenvalue weighted by Crippen LogP contribution is -2.19. The first-order valence-corrected chi connectivity index (χ1v) is 5.93. The number of hydrogen-bond donors (Lipinski definition) is 1. The summed E-state index contributed by atoms with van der Waals surface area (Å²) in [5.41, 5.74) is 1.56. The van der Waals surface area contributed by atoms with Gasteiger partial charge in [-0.25, -0.2) is 0 Å². The van der Waals surface area contributed by atoms with Crippen molar-refractivity contribution in [3.05, 3.63) is 31.9 Å². The molecule has 1 N–H and O–H groups in total. The van der Waals surface area contributed by atoms with Crippen LogP contribution < -0.4 is 4.87 Å². The highest BCUT2D eigenvalue weighted by Crippen LogP contribution is 2.22. The molecule has 2 heterocycles. The molecule has 0 saturated carbocycles. The number of hydrogen-bond acceptors (Lipinski definition) is 4. The molecule has 2 rings (SSSR count). The van der Waals surface area contributed by atoms with Crippen molar-refractivity contribution in [3.63, 3.8) is 0 Å². The van der Waals surface area contributed by atoms with Gasteiger partial charge >= 0.3 is 10.8 Å². The van der Waals surface area contributed by atoms with Crippen LogP contribution in [0, 0.1) is 0 Å². The van der Waals surface area contributed by atoms with Gasteiger partial charge in [0, 0.05) is 16.3 Å². The zero-order chi connectivity index (χ0) is 10.8. The van der Waals surface area contributed by atoms with Crippen molar-refractivity contribution in [2.24, 2.45) is 0 Å². The van der Waals surface area contributed by atoms with E-state index in [0.29, 0.717) is 5.69 Å². The summed E-state index contributed by atoms with van der Waals surface area (Å²) in [6.07, 6.45) is 0. The Morgan fingerprint density at radius 2 is 2.27 bits per heavy atom. The summed E-state index contributed by atoms with van der Waals surface area (Å²) in [7, 11) is 0. The first-order chi connectivity index (χ1) is 7.18. The van der Waals surface area contributed by atoms with Gasteiger partial charge in [-0.15, -0.1) is 0 Å². The molecule has 4 nitrogen and oxygen atoms in total. The van der Waals surface area contributed by atoms with Gasteiger partial charge in [0.1, 0.15) is 6.54 Å². The minimum absolute atomic E-state index is 0.237. The van der Waals surface area contributed by atoms with Gasteiger partial charge in [-0.1, -0.05) is 11.3 Å². The lowest BCUT2D eigenvalue weighted by Gasteiger charge is -2.01. The lowest BCUT2D eigenvalue weighted by atomic mass is 10.2. The first kappa shape index (κ1) is 10.1. The fraction of sp³-hybridized carbons (Fsp3) is 0.111. The van der Waals surface area contributed by atoms with Crippen molar-refractivity contribution in [2.75, 3.05) is 0 Å². The number of carboxylic acids is 1. The number of aromatic nitrogens is 1. The molecule has 0 aliphatic heterocycles. The van der Waals surface area contributed by atoms with Crippen molar-refractivity contribution >= 4 is 28.6 Å².